The van der Waals surface area contributed by atoms with Gasteiger partial charge in [-0.05, 0) is 35.9 Å². The van der Waals surface area contributed by atoms with Crippen molar-refractivity contribution >= 4 is 37.4 Å². The van der Waals surface area contributed by atoms with Crippen molar-refractivity contribution in [3.8, 4) is 11.4 Å². The van der Waals surface area contributed by atoms with Crippen LogP contribution >= 0.6 is 15.9 Å². The van der Waals surface area contributed by atoms with Crippen molar-refractivity contribution < 1.29 is 17.9 Å². The van der Waals surface area contributed by atoms with Gasteiger partial charge in [0.2, 0.25) is 0 Å². The van der Waals surface area contributed by atoms with E-state index < -0.39 is 15.7 Å². The highest BCUT2D eigenvalue weighted by Crippen LogP contribution is 2.25. The van der Waals surface area contributed by atoms with E-state index in [1.165, 1.54) is 18.3 Å². The maximum Gasteiger partial charge on any atom is 0.258 e. The summed E-state index contributed by atoms with van der Waals surface area (Å²) in [7, 11) is -3.42. The second-order valence-electron chi connectivity index (χ2n) is 7.32. The predicted molar refractivity (Wildman–Crippen MR) is 130 cm³/mol. The molecule has 0 radical (unpaired) electrons. The summed E-state index contributed by atoms with van der Waals surface area (Å²) in [5.74, 6) is 0.211. The minimum absolute atomic E-state index is 0.104. The molecule has 0 fully saturated rings. The van der Waals surface area contributed by atoms with Crippen molar-refractivity contribution in [1.82, 2.24) is 9.78 Å². The Balaban J connectivity index is 1.53. The van der Waals surface area contributed by atoms with Crippen molar-refractivity contribution in [2.45, 2.75) is 11.5 Å². The summed E-state index contributed by atoms with van der Waals surface area (Å²) in [6.07, 6.45) is 4.15. The number of ether oxygens (including phenoxy) is 1. The lowest BCUT2D eigenvalue weighted by molar-refractivity contribution is 0.102. The van der Waals surface area contributed by atoms with Crippen LogP contribution in [-0.2, 0) is 16.4 Å². The number of para-hydroxylation sites is 2. The minimum Gasteiger partial charge on any atom is -0.487 e. The summed E-state index contributed by atoms with van der Waals surface area (Å²) in [6, 6.07) is 21.8. The van der Waals surface area contributed by atoms with Gasteiger partial charge in [-0.3, -0.25) is 4.79 Å². The van der Waals surface area contributed by atoms with E-state index in [0.29, 0.717) is 33.8 Å². The number of halogens is 1. The minimum atomic E-state index is -3.42. The number of nitrogens with zero attached hydrogens (tertiary/aromatic N) is 2. The van der Waals surface area contributed by atoms with Crippen LogP contribution in [0.25, 0.3) is 5.69 Å². The highest BCUT2D eigenvalue weighted by molar-refractivity contribution is 9.10. The van der Waals surface area contributed by atoms with Crippen molar-refractivity contribution in [2.75, 3.05) is 11.6 Å². The van der Waals surface area contributed by atoms with Crippen LogP contribution in [0.1, 0.15) is 15.9 Å². The highest BCUT2D eigenvalue weighted by Gasteiger charge is 2.15. The number of nitrogens with one attached hydrogen (secondary N) is 1. The predicted octanol–water partition coefficient (Wildman–Crippen LogP) is 4.87. The number of carbonyl (C=O) groups is 1. The number of hydrogen-bond acceptors (Lipinski definition) is 5. The molecular weight excluding hydrogens is 506 g/mol. The van der Waals surface area contributed by atoms with Gasteiger partial charge in [-0.25, -0.2) is 13.1 Å². The first-order chi connectivity index (χ1) is 15.8. The van der Waals surface area contributed by atoms with Crippen LogP contribution < -0.4 is 10.1 Å². The standard InChI is InChI=1S/C24H20BrN3O4S/c1-33(30,31)21-12-19(25)11-20(13-21)27-24(29)18-14-26-28(15-18)22-9-5-6-10-23(22)32-16-17-7-3-2-4-8-17/h2-15H,16H2,1H3,(H,27,29). The third kappa shape index (κ3) is 5.68. The zero-order valence-electron chi connectivity index (χ0n) is 17.6. The van der Waals surface area contributed by atoms with Crippen molar-refractivity contribution in [2.24, 2.45) is 0 Å². The number of anilines is 1. The summed E-state index contributed by atoms with van der Waals surface area (Å²) in [6.45, 7) is 0.401. The molecule has 0 aliphatic rings. The van der Waals surface area contributed by atoms with Gasteiger partial charge < -0.3 is 10.1 Å². The third-order valence-electron chi connectivity index (χ3n) is 4.75. The van der Waals surface area contributed by atoms with Crippen LogP contribution in [0.5, 0.6) is 5.75 Å². The van der Waals surface area contributed by atoms with Gasteiger partial charge in [-0.15, -0.1) is 0 Å². The molecule has 0 unspecified atom stereocenters. The number of aromatic nitrogens is 2. The Morgan fingerprint density at radius 3 is 2.55 bits per heavy atom. The molecule has 4 rings (SSSR count). The van der Waals surface area contributed by atoms with E-state index in [-0.39, 0.29) is 4.90 Å². The Labute approximate surface area is 200 Å². The van der Waals surface area contributed by atoms with Crippen molar-refractivity contribution in [3.63, 3.8) is 0 Å². The van der Waals surface area contributed by atoms with E-state index in [4.69, 9.17) is 4.74 Å². The normalized spacial score (nSPS) is 11.2. The van der Waals surface area contributed by atoms with Gasteiger partial charge in [-0.2, -0.15) is 5.10 Å². The Hall–Kier alpha value is -3.43. The van der Waals surface area contributed by atoms with Crippen molar-refractivity contribution in [3.05, 3.63) is 101 Å². The number of benzene rings is 3. The number of sulfone groups is 1. The Bertz CT molecular complexity index is 1400. The van der Waals surface area contributed by atoms with E-state index in [9.17, 15) is 13.2 Å². The van der Waals surface area contributed by atoms with Gasteiger partial charge >= 0.3 is 0 Å². The fourth-order valence-electron chi connectivity index (χ4n) is 3.13. The van der Waals surface area contributed by atoms with Crippen LogP contribution in [0.3, 0.4) is 0 Å². The average molecular weight is 526 g/mol. The first-order valence-corrected chi connectivity index (χ1v) is 12.6. The highest BCUT2D eigenvalue weighted by atomic mass is 79.9. The Morgan fingerprint density at radius 1 is 1.06 bits per heavy atom. The smallest absolute Gasteiger partial charge is 0.258 e. The van der Waals surface area contributed by atoms with E-state index in [2.05, 4.69) is 26.3 Å². The van der Waals surface area contributed by atoms with Crippen LogP contribution in [0, 0.1) is 0 Å². The Morgan fingerprint density at radius 2 is 1.79 bits per heavy atom. The largest absolute Gasteiger partial charge is 0.487 e. The molecule has 1 N–H and O–H groups in total. The molecule has 0 spiro atoms. The van der Waals surface area contributed by atoms with E-state index in [1.54, 1.807) is 16.9 Å². The zero-order chi connectivity index (χ0) is 23.4. The molecule has 3 aromatic carbocycles. The van der Waals surface area contributed by atoms with Crippen LogP contribution in [0.2, 0.25) is 0 Å². The lowest BCUT2D eigenvalue weighted by Crippen LogP contribution is -2.12. The molecular formula is C24H20BrN3O4S. The topological polar surface area (TPSA) is 90.3 Å². The molecule has 1 amide bonds. The summed E-state index contributed by atoms with van der Waals surface area (Å²) >= 11 is 3.28. The monoisotopic (exact) mass is 525 g/mol. The van der Waals surface area contributed by atoms with Gasteiger partial charge in [0, 0.05) is 22.6 Å². The summed E-state index contributed by atoms with van der Waals surface area (Å²) in [4.78, 5) is 12.9. The third-order valence-corrected chi connectivity index (χ3v) is 6.30. The molecule has 0 atom stereocenters. The zero-order valence-corrected chi connectivity index (χ0v) is 20.0. The van der Waals surface area contributed by atoms with Gasteiger partial charge in [0.05, 0.1) is 16.7 Å². The average Bonchev–Trinajstić information content (AvgIpc) is 3.28. The number of amides is 1. The van der Waals surface area contributed by atoms with Gasteiger partial charge in [-0.1, -0.05) is 58.4 Å². The molecule has 0 saturated heterocycles. The van der Waals surface area contributed by atoms with E-state index >= 15 is 0 Å². The van der Waals surface area contributed by atoms with Crippen LogP contribution in [-0.4, -0.2) is 30.4 Å². The number of hydrogen-bond donors (Lipinski definition) is 1. The quantitative estimate of drug-likeness (QED) is 0.371. The molecule has 7 nitrogen and oxygen atoms in total. The van der Waals surface area contributed by atoms with Crippen LogP contribution in [0.4, 0.5) is 5.69 Å². The molecule has 0 bridgehead atoms. The summed E-state index contributed by atoms with van der Waals surface area (Å²) in [5.41, 5.74) is 2.40. The first kappa shape index (κ1) is 22.8. The molecule has 0 aliphatic heterocycles. The van der Waals surface area contributed by atoms with E-state index in [0.717, 1.165) is 11.8 Å². The Kier molecular flexibility index (Phi) is 6.62. The van der Waals surface area contributed by atoms with Gasteiger partial charge in [0.1, 0.15) is 18.0 Å². The fraction of sp³-hybridized carbons (Fsp3) is 0.0833. The molecule has 4 aromatic rings. The second kappa shape index (κ2) is 9.60. The number of carbonyl (C=O) groups excluding carboxylic acids is 1. The number of rotatable bonds is 7. The molecule has 0 saturated carbocycles. The van der Waals surface area contributed by atoms with Crippen molar-refractivity contribution in [1.29, 1.82) is 0 Å². The SMILES string of the molecule is CS(=O)(=O)c1cc(Br)cc(NC(=O)c2cnn(-c3ccccc3OCc3ccccc3)c2)c1. The lowest BCUT2D eigenvalue weighted by atomic mass is 10.2. The molecule has 0 aliphatic carbocycles. The van der Waals surface area contributed by atoms with Gasteiger partial charge in [0.25, 0.3) is 5.91 Å². The molecule has 1 aromatic heterocycles. The van der Waals surface area contributed by atoms with Crippen LogP contribution in [0.15, 0.2) is 94.6 Å². The first-order valence-electron chi connectivity index (χ1n) is 9.92. The second-order valence-corrected chi connectivity index (χ2v) is 10.2. The molecule has 1 heterocycles. The fourth-order valence-corrected chi connectivity index (χ4v) is 4.45. The molecule has 33 heavy (non-hydrogen) atoms. The summed E-state index contributed by atoms with van der Waals surface area (Å²) in [5, 5.41) is 7.03. The summed E-state index contributed by atoms with van der Waals surface area (Å²) < 4.78 is 31.8. The molecule has 168 valence electrons. The molecule has 9 heteroatoms. The lowest BCUT2D eigenvalue weighted by Gasteiger charge is -2.11. The maximum absolute atomic E-state index is 12.8. The van der Waals surface area contributed by atoms with Gasteiger partial charge in [0.15, 0.2) is 9.84 Å². The maximum atomic E-state index is 12.8. The van der Waals surface area contributed by atoms with E-state index in [1.807, 2.05) is 54.6 Å².